The molecule has 0 spiro atoms. The van der Waals surface area contributed by atoms with Crippen LogP contribution in [0.25, 0.3) is 0 Å². The summed E-state index contributed by atoms with van der Waals surface area (Å²) in [7, 11) is 0. The molecule has 1 aromatic heterocycles. The van der Waals surface area contributed by atoms with Gasteiger partial charge < -0.3 is 11.1 Å². The molecule has 0 radical (unpaired) electrons. The third-order valence-electron chi connectivity index (χ3n) is 3.15. The number of carbonyl (C=O) groups excluding carboxylic acids is 1. The highest BCUT2D eigenvalue weighted by atomic mass is 16.2. The topological polar surface area (TPSA) is 99.9 Å². The number of likely N-dealkylation sites (tertiary alicyclic amines) is 1. The van der Waals surface area contributed by atoms with Gasteiger partial charge in [-0.15, -0.1) is 0 Å². The van der Waals surface area contributed by atoms with Crippen LogP contribution in [0.3, 0.4) is 0 Å². The number of aromatic nitrogens is 3. The van der Waals surface area contributed by atoms with Gasteiger partial charge in [0.15, 0.2) is 0 Å². The Morgan fingerprint density at radius 3 is 3.00 bits per heavy atom. The minimum absolute atomic E-state index is 0.0602. The minimum Gasteiger partial charge on any atom is -0.355 e. The molecule has 2 heterocycles. The zero-order chi connectivity index (χ0) is 12.8. The lowest BCUT2D eigenvalue weighted by Crippen LogP contribution is -2.44. The van der Waals surface area contributed by atoms with Crippen molar-refractivity contribution in [1.29, 1.82) is 0 Å². The summed E-state index contributed by atoms with van der Waals surface area (Å²) < 4.78 is 0. The summed E-state index contributed by atoms with van der Waals surface area (Å²) in [5.41, 5.74) is 5.82. The van der Waals surface area contributed by atoms with Crippen LogP contribution in [0, 0.1) is 0 Å². The molecule has 0 unspecified atom stereocenters. The van der Waals surface area contributed by atoms with Crippen molar-refractivity contribution in [1.82, 2.24) is 25.4 Å². The molecule has 1 amide bonds. The number of nitrogens with two attached hydrogens (primary N) is 1. The Bertz CT molecular complexity index is 358. The van der Waals surface area contributed by atoms with Crippen LogP contribution in [-0.4, -0.2) is 58.2 Å². The third-order valence-corrected chi connectivity index (χ3v) is 3.15. The SMILES string of the molecule is NC1CCN(CC(=O)NCCc2ncn[nH]2)CC1. The molecule has 1 fully saturated rings. The molecule has 7 heteroatoms. The summed E-state index contributed by atoms with van der Waals surface area (Å²) in [5, 5.41) is 9.39. The standard InChI is InChI=1S/C11H20N6O/c12-9-2-5-17(6-3-9)7-11(18)13-4-1-10-14-8-15-16-10/h8-9H,1-7,12H2,(H,13,18)(H,14,15,16). The van der Waals surface area contributed by atoms with E-state index in [9.17, 15) is 4.79 Å². The van der Waals surface area contributed by atoms with Crippen molar-refractivity contribution in [2.24, 2.45) is 5.73 Å². The van der Waals surface area contributed by atoms with Crippen LogP contribution < -0.4 is 11.1 Å². The maximum absolute atomic E-state index is 11.7. The summed E-state index contributed by atoms with van der Waals surface area (Å²) in [6.45, 7) is 2.87. The molecule has 2 rings (SSSR count). The molecule has 7 nitrogen and oxygen atoms in total. The third kappa shape index (κ3) is 4.08. The van der Waals surface area contributed by atoms with E-state index in [0.29, 0.717) is 25.6 Å². The molecular weight excluding hydrogens is 232 g/mol. The van der Waals surface area contributed by atoms with Crippen molar-refractivity contribution in [3.05, 3.63) is 12.2 Å². The van der Waals surface area contributed by atoms with Gasteiger partial charge in [0.2, 0.25) is 5.91 Å². The van der Waals surface area contributed by atoms with Crippen molar-refractivity contribution in [2.75, 3.05) is 26.2 Å². The average molecular weight is 252 g/mol. The number of piperidine rings is 1. The molecule has 0 saturated carbocycles. The Hall–Kier alpha value is -1.47. The van der Waals surface area contributed by atoms with Crippen molar-refractivity contribution < 1.29 is 4.79 Å². The Balaban J connectivity index is 1.60. The molecule has 4 N–H and O–H groups in total. The fourth-order valence-electron chi connectivity index (χ4n) is 2.04. The normalized spacial score (nSPS) is 17.8. The van der Waals surface area contributed by atoms with Gasteiger partial charge in [0.05, 0.1) is 6.54 Å². The Morgan fingerprint density at radius 1 is 1.56 bits per heavy atom. The van der Waals surface area contributed by atoms with E-state index in [1.165, 1.54) is 6.33 Å². The molecular formula is C11H20N6O. The second kappa shape index (κ2) is 6.46. The van der Waals surface area contributed by atoms with Gasteiger partial charge in [-0.3, -0.25) is 14.8 Å². The molecule has 0 aromatic carbocycles. The van der Waals surface area contributed by atoms with Crippen LogP contribution in [0.2, 0.25) is 0 Å². The van der Waals surface area contributed by atoms with Crippen molar-refractivity contribution in [2.45, 2.75) is 25.3 Å². The highest BCUT2D eigenvalue weighted by Crippen LogP contribution is 2.07. The number of hydrogen-bond donors (Lipinski definition) is 3. The number of hydrogen-bond acceptors (Lipinski definition) is 5. The van der Waals surface area contributed by atoms with Gasteiger partial charge in [-0.25, -0.2) is 4.98 Å². The van der Waals surface area contributed by atoms with Crippen LogP contribution >= 0.6 is 0 Å². The number of amides is 1. The lowest BCUT2D eigenvalue weighted by Gasteiger charge is -2.29. The Labute approximate surface area is 106 Å². The van der Waals surface area contributed by atoms with Crippen molar-refractivity contribution in [3.63, 3.8) is 0 Å². The van der Waals surface area contributed by atoms with Gasteiger partial charge in [0, 0.05) is 32.1 Å². The zero-order valence-electron chi connectivity index (χ0n) is 10.4. The Morgan fingerprint density at radius 2 is 2.33 bits per heavy atom. The summed E-state index contributed by atoms with van der Waals surface area (Å²) >= 11 is 0. The number of H-pyrrole nitrogens is 1. The summed E-state index contributed by atoms with van der Waals surface area (Å²) in [4.78, 5) is 17.8. The van der Waals surface area contributed by atoms with E-state index in [2.05, 4.69) is 25.4 Å². The van der Waals surface area contributed by atoms with Crippen molar-refractivity contribution >= 4 is 5.91 Å². The molecule has 0 atom stereocenters. The van der Waals surface area contributed by atoms with Crippen LogP contribution in [0.5, 0.6) is 0 Å². The van der Waals surface area contributed by atoms with E-state index in [1.54, 1.807) is 0 Å². The predicted octanol–water partition coefficient (Wildman–Crippen LogP) is -1.11. The molecule has 1 aliphatic heterocycles. The molecule has 100 valence electrons. The maximum Gasteiger partial charge on any atom is 0.234 e. The minimum atomic E-state index is 0.0602. The van der Waals surface area contributed by atoms with E-state index >= 15 is 0 Å². The maximum atomic E-state index is 11.7. The first-order chi connectivity index (χ1) is 8.74. The van der Waals surface area contributed by atoms with Crippen molar-refractivity contribution in [3.8, 4) is 0 Å². The largest absolute Gasteiger partial charge is 0.355 e. The first-order valence-corrected chi connectivity index (χ1v) is 6.33. The predicted molar refractivity (Wildman–Crippen MR) is 66.7 cm³/mol. The number of rotatable bonds is 5. The smallest absolute Gasteiger partial charge is 0.234 e. The van der Waals surface area contributed by atoms with E-state index < -0.39 is 0 Å². The van der Waals surface area contributed by atoms with E-state index in [-0.39, 0.29) is 5.91 Å². The fraction of sp³-hybridized carbons (Fsp3) is 0.727. The highest BCUT2D eigenvalue weighted by molar-refractivity contribution is 5.78. The average Bonchev–Trinajstić information content (AvgIpc) is 2.85. The first kappa shape index (κ1) is 13.0. The van der Waals surface area contributed by atoms with E-state index in [0.717, 1.165) is 31.8 Å². The van der Waals surface area contributed by atoms with Gasteiger partial charge in [-0.1, -0.05) is 0 Å². The van der Waals surface area contributed by atoms with Gasteiger partial charge in [0.1, 0.15) is 12.2 Å². The summed E-state index contributed by atoms with van der Waals surface area (Å²) in [5.74, 6) is 0.851. The van der Waals surface area contributed by atoms with Gasteiger partial charge >= 0.3 is 0 Å². The summed E-state index contributed by atoms with van der Waals surface area (Å²) in [6.07, 6.45) is 4.10. The molecule has 18 heavy (non-hydrogen) atoms. The van der Waals surface area contributed by atoms with Gasteiger partial charge in [-0.2, -0.15) is 5.10 Å². The molecule has 1 saturated heterocycles. The van der Waals surface area contributed by atoms with Crippen LogP contribution in [0.1, 0.15) is 18.7 Å². The zero-order valence-corrected chi connectivity index (χ0v) is 10.4. The lowest BCUT2D eigenvalue weighted by molar-refractivity contribution is -0.122. The second-order valence-corrected chi connectivity index (χ2v) is 4.65. The molecule has 1 aliphatic rings. The second-order valence-electron chi connectivity index (χ2n) is 4.65. The van der Waals surface area contributed by atoms with Gasteiger partial charge in [-0.05, 0) is 12.8 Å². The van der Waals surface area contributed by atoms with Crippen LogP contribution in [0.4, 0.5) is 0 Å². The summed E-state index contributed by atoms with van der Waals surface area (Å²) in [6, 6.07) is 0.302. The molecule has 0 bridgehead atoms. The quantitative estimate of drug-likeness (QED) is 0.617. The van der Waals surface area contributed by atoms with Gasteiger partial charge in [0.25, 0.3) is 0 Å². The number of aromatic amines is 1. The van der Waals surface area contributed by atoms with E-state index in [4.69, 9.17) is 5.73 Å². The molecule has 0 aliphatic carbocycles. The first-order valence-electron chi connectivity index (χ1n) is 6.33. The number of nitrogens with one attached hydrogen (secondary N) is 2. The van der Waals surface area contributed by atoms with Crippen LogP contribution in [0.15, 0.2) is 6.33 Å². The lowest BCUT2D eigenvalue weighted by atomic mass is 10.1. The molecule has 1 aromatic rings. The van der Waals surface area contributed by atoms with E-state index in [1.807, 2.05) is 0 Å². The number of carbonyl (C=O) groups is 1. The van der Waals surface area contributed by atoms with Crippen LogP contribution in [-0.2, 0) is 11.2 Å². The highest BCUT2D eigenvalue weighted by Gasteiger charge is 2.17. The fourth-order valence-corrected chi connectivity index (χ4v) is 2.04. The Kier molecular flexibility index (Phi) is 4.66. The number of nitrogens with zero attached hydrogens (tertiary/aromatic N) is 3. The monoisotopic (exact) mass is 252 g/mol.